The molecule has 3 aromatic rings. The number of methoxy groups -OCH3 is 1. The number of benzene rings is 1. The number of anilines is 1. The predicted octanol–water partition coefficient (Wildman–Crippen LogP) is 2.70. The number of ether oxygens (including phenoxy) is 1. The van der Waals surface area contributed by atoms with E-state index in [-0.39, 0.29) is 5.82 Å². The molecule has 2 heterocycles. The van der Waals surface area contributed by atoms with Crippen molar-refractivity contribution in [2.24, 2.45) is 0 Å². The van der Waals surface area contributed by atoms with Gasteiger partial charge in [0, 0.05) is 18.0 Å². The molecule has 0 spiro atoms. The van der Waals surface area contributed by atoms with Crippen molar-refractivity contribution < 1.29 is 9.26 Å². The largest absolute Gasteiger partial charge is 0.496 e. The first-order valence-corrected chi connectivity index (χ1v) is 6.38. The summed E-state index contributed by atoms with van der Waals surface area (Å²) in [5.74, 6) is 1.83. The molecule has 2 aromatic heterocycles. The highest BCUT2D eigenvalue weighted by molar-refractivity contribution is 5.87. The Morgan fingerprint density at radius 3 is 2.67 bits per heavy atom. The van der Waals surface area contributed by atoms with Crippen LogP contribution in [0.4, 0.5) is 5.82 Å². The quantitative estimate of drug-likeness (QED) is 0.794. The molecule has 0 atom stereocenters. The van der Waals surface area contributed by atoms with E-state index in [9.17, 15) is 0 Å². The minimum Gasteiger partial charge on any atom is -0.496 e. The smallest absolute Gasteiger partial charge is 0.214 e. The van der Waals surface area contributed by atoms with Crippen LogP contribution < -0.4 is 10.5 Å². The number of hydrogen-bond donors (Lipinski definition) is 1. The molecule has 0 aliphatic heterocycles. The SMILES string of the molecule is COc1ccc(C)cc1-c1c(N)noc1-c1ncccn1. The first kappa shape index (κ1) is 13.1. The fourth-order valence-electron chi connectivity index (χ4n) is 2.15. The van der Waals surface area contributed by atoms with Crippen molar-refractivity contribution in [3.8, 4) is 28.5 Å². The molecule has 2 N–H and O–H groups in total. The number of nitrogens with zero attached hydrogens (tertiary/aromatic N) is 3. The van der Waals surface area contributed by atoms with Crippen LogP contribution in [0, 0.1) is 6.92 Å². The Bertz CT molecular complexity index is 769. The van der Waals surface area contributed by atoms with Gasteiger partial charge >= 0.3 is 0 Å². The summed E-state index contributed by atoms with van der Waals surface area (Å²) in [5, 5.41) is 3.84. The lowest BCUT2D eigenvalue weighted by Crippen LogP contribution is -1.94. The second-order valence-electron chi connectivity index (χ2n) is 4.55. The third-order valence-electron chi connectivity index (χ3n) is 3.11. The second-order valence-corrected chi connectivity index (χ2v) is 4.55. The van der Waals surface area contributed by atoms with E-state index in [4.69, 9.17) is 15.0 Å². The zero-order chi connectivity index (χ0) is 14.8. The summed E-state index contributed by atoms with van der Waals surface area (Å²) in [4.78, 5) is 8.37. The Morgan fingerprint density at radius 2 is 1.95 bits per heavy atom. The van der Waals surface area contributed by atoms with Gasteiger partial charge in [-0.1, -0.05) is 16.8 Å². The van der Waals surface area contributed by atoms with Crippen molar-refractivity contribution >= 4 is 5.82 Å². The normalized spacial score (nSPS) is 10.6. The minimum absolute atomic E-state index is 0.279. The van der Waals surface area contributed by atoms with E-state index in [2.05, 4.69) is 15.1 Å². The standard InChI is InChI=1S/C15H14N4O2/c1-9-4-5-11(20-2)10(8-9)12-13(21-19-14(12)16)15-17-6-3-7-18-15/h3-8H,1-2H3,(H2,16,19). The molecule has 0 saturated heterocycles. The number of aryl methyl sites for hydroxylation is 1. The fourth-order valence-corrected chi connectivity index (χ4v) is 2.15. The van der Waals surface area contributed by atoms with Crippen molar-refractivity contribution in [3.63, 3.8) is 0 Å². The van der Waals surface area contributed by atoms with E-state index in [1.807, 2.05) is 25.1 Å². The van der Waals surface area contributed by atoms with Crippen LogP contribution in [0.15, 0.2) is 41.2 Å². The van der Waals surface area contributed by atoms with Gasteiger partial charge < -0.3 is 15.0 Å². The molecule has 1 aromatic carbocycles. The number of aromatic nitrogens is 3. The average molecular weight is 282 g/mol. The summed E-state index contributed by atoms with van der Waals surface area (Å²) in [7, 11) is 1.61. The predicted molar refractivity (Wildman–Crippen MR) is 78.7 cm³/mol. The van der Waals surface area contributed by atoms with Crippen LogP contribution in [0.2, 0.25) is 0 Å². The van der Waals surface area contributed by atoms with Gasteiger partial charge in [-0.15, -0.1) is 0 Å². The van der Waals surface area contributed by atoms with Gasteiger partial charge in [-0.25, -0.2) is 9.97 Å². The van der Waals surface area contributed by atoms with Crippen LogP contribution in [0.25, 0.3) is 22.7 Å². The zero-order valence-corrected chi connectivity index (χ0v) is 11.7. The first-order valence-electron chi connectivity index (χ1n) is 6.38. The summed E-state index contributed by atoms with van der Waals surface area (Å²) in [6.07, 6.45) is 3.27. The van der Waals surface area contributed by atoms with Crippen molar-refractivity contribution in [1.82, 2.24) is 15.1 Å². The molecule has 0 bridgehead atoms. The summed E-state index contributed by atoms with van der Waals surface area (Å²) >= 11 is 0. The minimum atomic E-state index is 0.279. The lowest BCUT2D eigenvalue weighted by Gasteiger charge is -2.09. The van der Waals surface area contributed by atoms with E-state index < -0.39 is 0 Å². The molecule has 0 aliphatic carbocycles. The monoisotopic (exact) mass is 282 g/mol. The van der Waals surface area contributed by atoms with E-state index in [0.717, 1.165) is 11.1 Å². The van der Waals surface area contributed by atoms with Crippen molar-refractivity contribution in [1.29, 1.82) is 0 Å². The Balaban J connectivity index is 2.24. The van der Waals surface area contributed by atoms with E-state index in [1.54, 1.807) is 25.6 Å². The molecule has 6 nitrogen and oxygen atoms in total. The Labute approximate surface area is 121 Å². The van der Waals surface area contributed by atoms with Crippen LogP contribution in [0.5, 0.6) is 5.75 Å². The second kappa shape index (κ2) is 5.24. The van der Waals surface area contributed by atoms with Gasteiger partial charge in [0.1, 0.15) is 5.75 Å². The first-order chi connectivity index (χ1) is 10.2. The number of nitrogen functional groups attached to an aromatic ring is 1. The molecule has 0 unspecified atom stereocenters. The van der Waals surface area contributed by atoms with Gasteiger partial charge in [0.25, 0.3) is 0 Å². The van der Waals surface area contributed by atoms with Crippen molar-refractivity contribution in [3.05, 3.63) is 42.2 Å². The number of hydrogen-bond acceptors (Lipinski definition) is 6. The van der Waals surface area contributed by atoms with Crippen molar-refractivity contribution in [2.75, 3.05) is 12.8 Å². The lowest BCUT2D eigenvalue weighted by molar-refractivity contribution is 0.416. The van der Waals surface area contributed by atoms with Crippen LogP contribution in [-0.2, 0) is 0 Å². The Hall–Kier alpha value is -2.89. The van der Waals surface area contributed by atoms with Gasteiger partial charge in [-0.05, 0) is 25.1 Å². The summed E-state index contributed by atoms with van der Waals surface area (Å²) in [6.45, 7) is 1.99. The van der Waals surface area contributed by atoms with Crippen LogP contribution in [0.3, 0.4) is 0 Å². The molecule has 0 amide bonds. The highest BCUT2D eigenvalue weighted by atomic mass is 16.5. The molecular weight excluding hydrogens is 268 g/mol. The van der Waals surface area contributed by atoms with Crippen molar-refractivity contribution in [2.45, 2.75) is 6.92 Å². The maximum atomic E-state index is 5.97. The third kappa shape index (κ3) is 2.31. The van der Waals surface area contributed by atoms with Crippen LogP contribution >= 0.6 is 0 Å². The molecule has 3 rings (SSSR count). The molecular formula is C15H14N4O2. The molecule has 106 valence electrons. The maximum Gasteiger partial charge on any atom is 0.214 e. The van der Waals surface area contributed by atoms with Gasteiger partial charge in [0.15, 0.2) is 11.6 Å². The highest BCUT2D eigenvalue weighted by Gasteiger charge is 2.22. The topological polar surface area (TPSA) is 87.1 Å². The molecule has 6 heteroatoms. The molecule has 0 fully saturated rings. The Morgan fingerprint density at radius 1 is 1.19 bits per heavy atom. The molecule has 0 aliphatic rings. The lowest BCUT2D eigenvalue weighted by atomic mass is 10.0. The van der Waals surface area contributed by atoms with E-state index in [0.29, 0.717) is 22.9 Å². The van der Waals surface area contributed by atoms with E-state index in [1.165, 1.54) is 0 Å². The number of nitrogens with two attached hydrogens (primary N) is 1. The molecule has 0 radical (unpaired) electrons. The van der Waals surface area contributed by atoms with Gasteiger partial charge in [-0.3, -0.25) is 0 Å². The van der Waals surface area contributed by atoms with Gasteiger partial charge in [-0.2, -0.15) is 0 Å². The summed E-state index contributed by atoms with van der Waals surface area (Å²) in [6, 6.07) is 7.54. The summed E-state index contributed by atoms with van der Waals surface area (Å²) in [5.41, 5.74) is 8.49. The van der Waals surface area contributed by atoms with E-state index >= 15 is 0 Å². The Kier molecular flexibility index (Phi) is 3.27. The molecule has 21 heavy (non-hydrogen) atoms. The van der Waals surface area contributed by atoms with Crippen LogP contribution in [0.1, 0.15) is 5.56 Å². The summed E-state index contributed by atoms with van der Waals surface area (Å²) < 4.78 is 10.7. The fraction of sp³-hybridized carbons (Fsp3) is 0.133. The maximum absolute atomic E-state index is 5.97. The van der Waals surface area contributed by atoms with Gasteiger partial charge in [0.05, 0.1) is 12.7 Å². The highest BCUT2D eigenvalue weighted by Crippen LogP contribution is 2.40. The average Bonchev–Trinajstić information content (AvgIpc) is 2.89. The van der Waals surface area contributed by atoms with Crippen LogP contribution in [-0.4, -0.2) is 22.2 Å². The zero-order valence-electron chi connectivity index (χ0n) is 11.7. The number of rotatable bonds is 3. The molecule has 0 saturated carbocycles. The van der Waals surface area contributed by atoms with Gasteiger partial charge in [0.2, 0.25) is 5.76 Å². The third-order valence-corrected chi connectivity index (χ3v) is 3.11.